The van der Waals surface area contributed by atoms with Gasteiger partial charge < -0.3 is 18.6 Å². The molecule has 9 nitrogen and oxygen atoms in total. The molecule has 0 radical (unpaired) electrons. The molecule has 5 rings (SSSR count). The summed E-state index contributed by atoms with van der Waals surface area (Å²) in [6.45, 7) is 3.77. The maximum Gasteiger partial charge on any atom is 0.346 e. The number of hydrogen-bond donors (Lipinski definition) is 0. The molecule has 0 aliphatic carbocycles. The topological polar surface area (TPSA) is 105 Å². The van der Waals surface area contributed by atoms with Crippen LogP contribution in [0, 0.1) is 0 Å². The number of hydrogen-bond acceptors (Lipinski definition) is 8. The van der Waals surface area contributed by atoms with Gasteiger partial charge in [-0.1, -0.05) is 23.7 Å². The summed E-state index contributed by atoms with van der Waals surface area (Å²) in [4.78, 5) is 30.2. The van der Waals surface area contributed by atoms with Crippen LogP contribution in [-0.2, 0) is 9.53 Å². The van der Waals surface area contributed by atoms with E-state index in [1.54, 1.807) is 61.5 Å². The van der Waals surface area contributed by atoms with Gasteiger partial charge in [0.15, 0.2) is 23.4 Å². The summed E-state index contributed by atoms with van der Waals surface area (Å²) >= 11 is 9.68. The first-order chi connectivity index (χ1) is 19.3. The number of benzene rings is 3. The van der Waals surface area contributed by atoms with Crippen LogP contribution in [0.2, 0.25) is 5.02 Å². The number of aromatic nitrogens is 2. The quantitative estimate of drug-likeness (QED) is 0.144. The first-order valence-electron chi connectivity index (χ1n) is 12.3. The molecule has 11 heteroatoms. The van der Waals surface area contributed by atoms with E-state index in [-0.39, 0.29) is 11.4 Å². The molecule has 0 amide bonds. The number of methoxy groups -OCH3 is 1. The summed E-state index contributed by atoms with van der Waals surface area (Å²) in [7, 11) is 1.29. The lowest BCUT2D eigenvalue weighted by Crippen LogP contribution is -2.25. The molecule has 0 saturated carbocycles. The van der Waals surface area contributed by atoms with E-state index in [0.717, 1.165) is 5.39 Å². The van der Waals surface area contributed by atoms with E-state index in [9.17, 15) is 9.59 Å². The number of nitrogens with zero attached hydrogens (tertiary/aromatic N) is 3. The van der Waals surface area contributed by atoms with Gasteiger partial charge in [0.25, 0.3) is 5.56 Å². The fourth-order valence-corrected chi connectivity index (χ4v) is 4.65. The molecule has 1 atom stereocenters. The fourth-order valence-electron chi connectivity index (χ4n) is 4.05. The zero-order valence-corrected chi connectivity index (χ0v) is 24.0. The Hall–Kier alpha value is -4.15. The Balaban J connectivity index is 1.62. The molecule has 3 aromatic carbocycles. The van der Waals surface area contributed by atoms with E-state index in [2.05, 4.69) is 21.0 Å². The highest BCUT2D eigenvalue weighted by Gasteiger charge is 2.20. The molecular weight excluding hydrogens is 602 g/mol. The maximum atomic E-state index is 13.6. The van der Waals surface area contributed by atoms with Gasteiger partial charge in [-0.3, -0.25) is 4.79 Å². The minimum absolute atomic E-state index is 0.222. The van der Waals surface area contributed by atoms with Crippen LogP contribution in [0.4, 0.5) is 0 Å². The third-order valence-corrected chi connectivity index (χ3v) is 6.89. The first kappa shape index (κ1) is 27.4. The fraction of sp³-hybridized carbons (Fsp3) is 0.172. The van der Waals surface area contributed by atoms with Gasteiger partial charge >= 0.3 is 5.97 Å². The van der Waals surface area contributed by atoms with Crippen molar-refractivity contribution in [3.8, 4) is 23.1 Å². The van der Waals surface area contributed by atoms with E-state index in [1.165, 1.54) is 18.0 Å². The van der Waals surface area contributed by atoms with Crippen LogP contribution in [0.5, 0.6) is 11.5 Å². The van der Waals surface area contributed by atoms with Crippen LogP contribution in [0.15, 0.2) is 79.4 Å². The van der Waals surface area contributed by atoms with Gasteiger partial charge in [0, 0.05) is 20.4 Å². The van der Waals surface area contributed by atoms with Gasteiger partial charge in [-0.05, 0) is 78.3 Å². The number of esters is 1. The molecule has 0 spiro atoms. The van der Waals surface area contributed by atoms with Crippen LogP contribution < -0.4 is 15.0 Å². The van der Waals surface area contributed by atoms with Crippen molar-refractivity contribution in [1.82, 2.24) is 9.66 Å². The van der Waals surface area contributed by atoms with Gasteiger partial charge in [-0.15, -0.1) is 0 Å². The minimum atomic E-state index is -0.848. The van der Waals surface area contributed by atoms with Crippen molar-refractivity contribution in [3.05, 3.63) is 86.1 Å². The predicted octanol–water partition coefficient (Wildman–Crippen LogP) is 6.45. The SMILES string of the molecule is CCOc1cc(C=Nn2c(-c3cc4cc(Cl)ccc4o3)nc3ccccc3c2=O)c(Br)cc1O[C@H](C)C(=O)OC. The van der Waals surface area contributed by atoms with Gasteiger partial charge in [0.1, 0.15) is 5.58 Å². The second-order valence-corrected chi connectivity index (χ2v) is 9.93. The Bertz CT molecular complexity index is 1830. The standard InChI is InChI=1S/C29H23BrClN3O6/c1-4-38-24-13-18(21(30)14-25(24)39-16(2)29(36)37-3)15-32-34-27(33-22-8-6-5-7-20(22)28(34)35)26-12-17-11-19(31)9-10-23(17)40-26/h5-16H,4H2,1-3H3/t16-/m1/s1. The second kappa shape index (κ2) is 11.5. The largest absolute Gasteiger partial charge is 0.490 e. The van der Waals surface area contributed by atoms with Crippen molar-refractivity contribution in [3.63, 3.8) is 0 Å². The van der Waals surface area contributed by atoms with E-state index in [4.69, 9.17) is 35.2 Å². The average molecular weight is 625 g/mol. The summed E-state index contributed by atoms with van der Waals surface area (Å²) in [6, 6.07) is 17.4. The Kier molecular flexibility index (Phi) is 7.90. The summed E-state index contributed by atoms with van der Waals surface area (Å²) < 4.78 is 24.1. The number of para-hydroxylation sites is 1. The summed E-state index contributed by atoms with van der Waals surface area (Å²) in [5, 5.41) is 6.24. The van der Waals surface area contributed by atoms with Crippen molar-refractivity contribution >= 4 is 61.6 Å². The molecule has 5 aromatic rings. The zero-order valence-electron chi connectivity index (χ0n) is 21.7. The van der Waals surface area contributed by atoms with E-state index in [0.29, 0.717) is 55.4 Å². The number of carbonyl (C=O) groups is 1. The lowest BCUT2D eigenvalue weighted by atomic mass is 10.2. The van der Waals surface area contributed by atoms with Gasteiger partial charge in [0.05, 0.1) is 30.8 Å². The van der Waals surface area contributed by atoms with Crippen molar-refractivity contribution in [2.75, 3.05) is 13.7 Å². The number of carbonyl (C=O) groups excluding carboxylic acids is 1. The van der Waals surface area contributed by atoms with Crippen molar-refractivity contribution in [2.24, 2.45) is 5.10 Å². The molecule has 0 bridgehead atoms. The first-order valence-corrected chi connectivity index (χ1v) is 13.4. The Morgan fingerprint density at radius 3 is 2.75 bits per heavy atom. The Morgan fingerprint density at radius 1 is 1.18 bits per heavy atom. The smallest absolute Gasteiger partial charge is 0.346 e. The number of furan rings is 1. The highest BCUT2D eigenvalue weighted by molar-refractivity contribution is 9.10. The van der Waals surface area contributed by atoms with Crippen molar-refractivity contribution in [2.45, 2.75) is 20.0 Å². The lowest BCUT2D eigenvalue weighted by molar-refractivity contribution is -0.147. The molecule has 2 heterocycles. The van der Waals surface area contributed by atoms with E-state index < -0.39 is 12.1 Å². The zero-order chi connectivity index (χ0) is 28.4. The van der Waals surface area contributed by atoms with Crippen LogP contribution in [0.3, 0.4) is 0 Å². The number of ether oxygens (including phenoxy) is 3. The summed E-state index contributed by atoms with van der Waals surface area (Å²) in [5.41, 5.74) is 1.32. The monoisotopic (exact) mass is 623 g/mol. The third kappa shape index (κ3) is 5.45. The van der Waals surface area contributed by atoms with Gasteiger partial charge in [-0.2, -0.15) is 9.78 Å². The number of halogens is 2. The summed E-state index contributed by atoms with van der Waals surface area (Å²) in [6.07, 6.45) is 0.653. The minimum Gasteiger partial charge on any atom is -0.490 e. The van der Waals surface area contributed by atoms with Crippen LogP contribution in [0.1, 0.15) is 19.4 Å². The molecule has 204 valence electrons. The number of fused-ring (bicyclic) bond motifs is 2. The molecule has 0 aliphatic rings. The highest BCUT2D eigenvalue weighted by atomic mass is 79.9. The normalized spacial score (nSPS) is 12.2. The van der Waals surface area contributed by atoms with Crippen LogP contribution >= 0.6 is 27.5 Å². The average Bonchev–Trinajstić information content (AvgIpc) is 3.37. The maximum absolute atomic E-state index is 13.6. The predicted molar refractivity (Wildman–Crippen MR) is 157 cm³/mol. The molecule has 0 N–H and O–H groups in total. The van der Waals surface area contributed by atoms with Crippen molar-refractivity contribution < 1.29 is 23.4 Å². The number of rotatable bonds is 8. The molecule has 0 fully saturated rings. The van der Waals surface area contributed by atoms with Crippen LogP contribution in [-0.4, -0.2) is 41.7 Å². The lowest BCUT2D eigenvalue weighted by Gasteiger charge is -2.17. The Labute approximate surface area is 242 Å². The second-order valence-electron chi connectivity index (χ2n) is 8.64. The summed E-state index contributed by atoms with van der Waals surface area (Å²) in [5.74, 6) is 0.788. The molecule has 0 saturated heterocycles. The molecule has 2 aromatic heterocycles. The molecule has 40 heavy (non-hydrogen) atoms. The van der Waals surface area contributed by atoms with E-state index >= 15 is 0 Å². The van der Waals surface area contributed by atoms with E-state index in [1.807, 2.05) is 13.0 Å². The molecule has 0 unspecified atom stereocenters. The van der Waals surface area contributed by atoms with Gasteiger partial charge in [0.2, 0.25) is 5.82 Å². The molecule has 0 aliphatic heterocycles. The third-order valence-electron chi connectivity index (χ3n) is 5.96. The van der Waals surface area contributed by atoms with Crippen LogP contribution in [0.25, 0.3) is 33.5 Å². The van der Waals surface area contributed by atoms with Crippen molar-refractivity contribution in [1.29, 1.82) is 0 Å². The Morgan fingerprint density at radius 2 is 1.98 bits per heavy atom. The molecular formula is C29H23BrClN3O6. The van der Waals surface area contributed by atoms with Gasteiger partial charge in [-0.25, -0.2) is 9.78 Å². The highest BCUT2D eigenvalue weighted by Crippen LogP contribution is 2.34.